The Labute approximate surface area is 226 Å². The SMILES string of the molecule is COc1cc(N(CCOCCO)CCOCCOCCO)c(OC)cc1N=Nc1sc(C#N)c(C)c1C#N. The van der Waals surface area contributed by atoms with Crippen LogP contribution in [0.2, 0.25) is 0 Å². The van der Waals surface area contributed by atoms with Crippen LogP contribution in [0.4, 0.5) is 16.4 Å². The predicted octanol–water partition coefficient (Wildman–Crippen LogP) is 3.07. The van der Waals surface area contributed by atoms with Crippen molar-refractivity contribution in [1.82, 2.24) is 0 Å². The molecule has 2 aromatic rings. The molecule has 0 aliphatic rings. The number of anilines is 1. The fourth-order valence-corrected chi connectivity index (χ4v) is 4.23. The number of aliphatic hydroxyl groups is 2. The van der Waals surface area contributed by atoms with Gasteiger partial charge in [0.1, 0.15) is 34.2 Å². The molecule has 0 radical (unpaired) electrons. The number of hydrogen-bond acceptors (Lipinski definition) is 13. The molecule has 0 aliphatic carbocycles. The van der Waals surface area contributed by atoms with Crippen LogP contribution in [0.1, 0.15) is 16.0 Å². The number of nitriles is 2. The lowest BCUT2D eigenvalue weighted by atomic mass is 10.2. The number of methoxy groups -OCH3 is 2. The summed E-state index contributed by atoms with van der Waals surface area (Å²) in [5.41, 5.74) is 1.99. The summed E-state index contributed by atoms with van der Waals surface area (Å²) in [7, 11) is 3.05. The van der Waals surface area contributed by atoms with Crippen LogP contribution in [-0.2, 0) is 14.2 Å². The number of ether oxygens (including phenoxy) is 5. The Kier molecular flexibility index (Phi) is 14.0. The lowest BCUT2D eigenvalue weighted by molar-refractivity contribution is 0.0347. The van der Waals surface area contributed by atoms with Crippen molar-refractivity contribution in [3.05, 3.63) is 28.1 Å². The summed E-state index contributed by atoms with van der Waals surface area (Å²) in [4.78, 5) is 2.42. The first kappa shape index (κ1) is 30.9. The van der Waals surface area contributed by atoms with E-state index in [2.05, 4.69) is 22.4 Å². The average Bonchev–Trinajstić information content (AvgIpc) is 3.25. The second-order valence-corrected chi connectivity index (χ2v) is 8.63. The maximum absolute atomic E-state index is 9.48. The maximum atomic E-state index is 9.48. The lowest BCUT2D eigenvalue weighted by Gasteiger charge is -2.27. The van der Waals surface area contributed by atoms with Crippen LogP contribution in [0.5, 0.6) is 11.5 Å². The third kappa shape index (κ3) is 8.92. The topological polar surface area (TPSA) is 162 Å². The van der Waals surface area contributed by atoms with Crippen molar-refractivity contribution in [2.24, 2.45) is 10.2 Å². The summed E-state index contributed by atoms with van der Waals surface area (Å²) in [6, 6.07) is 7.61. The Bertz CT molecular complexity index is 1130. The highest BCUT2D eigenvalue weighted by molar-refractivity contribution is 7.16. The van der Waals surface area contributed by atoms with Gasteiger partial charge >= 0.3 is 0 Å². The predicted molar refractivity (Wildman–Crippen MR) is 141 cm³/mol. The van der Waals surface area contributed by atoms with Gasteiger partial charge in [0.25, 0.3) is 0 Å². The molecule has 2 N–H and O–H groups in total. The molecule has 0 saturated carbocycles. The molecule has 2 rings (SSSR count). The van der Waals surface area contributed by atoms with Gasteiger partial charge in [0.2, 0.25) is 0 Å². The number of azo groups is 1. The molecule has 206 valence electrons. The monoisotopic (exact) mass is 547 g/mol. The molecule has 38 heavy (non-hydrogen) atoms. The maximum Gasteiger partial charge on any atom is 0.158 e. The number of benzene rings is 1. The highest BCUT2D eigenvalue weighted by Gasteiger charge is 2.19. The first-order valence-corrected chi connectivity index (χ1v) is 12.7. The number of rotatable bonds is 18. The van der Waals surface area contributed by atoms with Gasteiger partial charge in [0.15, 0.2) is 5.00 Å². The van der Waals surface area contributed by atoms with Gasteiger partial charge in [-0.3, -0.25) is 0 Å². The summed E-state index contributed by atoms with van der Waals surface area (Å²) in [5, 5.41) is 45.4. The smallest absolute Gasteiger partial charge is 0.158 e. The second kappa shape index (κ2) is 17.3. The number of aliphatic hydroxyl groups excluding tert-OH is 2. The molecule has 1 aromatic heterocycles. The van der Waals surface area contributed by atoms with Crippen molar-refractivity contribution in [2.75, 3.05) is 85.1 Å². The minimum absolute atomic E-state index is 0.0356. The Morgan fingerprint density at radius 1 is 0.842 bits per heavy atom. The van der Waals surface area contributed by atoms with E-state index in [1.54, 1.807) is 19.1 Å². The standard InChI is InChI=1S/C25H33N5O7S/c1-18-19(16-26)25(38-24(18)17-27)29-28-20-14-23(34-3)21(15-22(20)33-2)30(4-8-35-10-6-31)5-9-36-12-13-37-11-7-32/h14-15,31-32H,4-13H2,1-3H3. The zero-order chi connectivity index (χ0) is 27.8. The highest BCUT2D eigenvalue weighted by atomic mass is 32.1. The Balaban J connectivity index is 2.29. The van der Waals surface area contributed by atoms with E-state index in [4.69, 9.17) is 33.9 Å². The Morgan fingerprint density at radius 2 is 1.45 bits per heavy atom. The van der Waals surface area contributed by atoms with E-state index in [-0.39, 0.29) is 26.4 Å². The van der Waals surface area contributed by atoms with Crippen LogP contribution in [0.25, 0.3) is 0 Å². The minimum Gasteiger partial charge on any atom is -0.494 e. The Hall–Kier alpha value is -3.30. The van der Waals surface area contributed by atoms with Crippen molar-refractivity contribution in [3.63, 3.8) is 0 Å². The molecule has 0 saturated heterocycles. The van der Waals surface area contributed by atoms with Gasteiger partial charge in [-0.2, -0.15) is 10.5 Å². The Morgan fingerprint density at radius 3 is 2.00 bits per heavy atom. The zero-order valence-electron chi connectivity index (χ0n) is 21.8. The number of nitrogens with zero attached hydrogens (tertiary/aromatic N) is 5. The van der Waals surface area contributed by atoms with Gasteiger partial charge in [-0.05, 0) is 12.5 Å². The first-order chi connectivity index (χ1) is 18.5. The van der Waals surface area contributed by atoms with E-state index in [1.807, 2.05) is 4.90 Å². The van der Waals surface area contributed by atoms with E-state index in [0.29, 0.717) is 83.4 Å². The molecule has 1 heterocycles. The summed E-state index contributed by atoms with van der Waals surface area (Å²) < 4.78 is 27.5. The van der Waals surface area contributed by atoms with E-state index in [1.165, 1.54) is 14.2 Å². The molecule has 0 aliphatic heterocycles. The molecule has 0 unspecified atom stereocenters. The van der Waals surface area contributed by atoms with E-state index >= 15 is 0 Å². The van der Waals surface area contributed by atoms with Gasteiger partial charge in [-0.1, -0.05) is 0 Å². The molecule has 1 aromatic carbocycles. The van der Waals surface area contributed by atoms with E-state index < -0.39 is 0 Å². The summed E-state index contributed by atoms with van der Waals surface area (Å²) in [5.74, 6) is 0.935. The molecule has 12 nitrogen and oxygen atoms in total. The molecule has 0 fully saturated rings. The van der Waals surface area contributed by atoms with Gasteiger partial charge in [0.05, 0.1) is 78.3 Å². The highest BCUT2D eigenvalue weighted by Crippen LogP contribution is 2.42. The first-order valence-electron chi connectivity index (χ1n) is 11.9. The fourth-order valence-electron chi connectivity index (χ4n) is 3.35. The van der Waals surface area contributed by atoms with E-state index in [9.17, 15) is 10.5 Å². The summed E-state index contributed by atoms with van der Waals surface area (Å²) in [6.45, 7) is 4.60. The van der Waals surface area contributed by atoms with Crippen molar-refractivity contribution < 1.29 is 33.9 Å². The van der Waals surface area contributed by atoms with Crippen LogP contribution < -0.4 is 14.4 Å². The van der Waals surface area contributed by atoms with Gasteiger partial charge in [-0.25, -0.2) is 0 Å². The largest absolute Gasteiger partial charge is 0.494 e. The van der Waals surface area contributed by atoms with Crippen molar-refractivity contribution in [3.8, 4) is 23.6 Å². The lowest BCUT2D eigenvalue weighted by Crippen LogP contribution is -2.32. The number of thiophene rings is 1. The van der Waals surface area contributed by atoms with Gasteiger partial charge in [0, 0.05) is 25.2 Å². The van der Waals surface area contributed by atoms with Crippen molar-refractivity contribution >= 4 is 27.7 Å². The second-order valence-electron chi connectivity index (χ2n) is 7.63. The quantitative estimate of drug-likeness (QED) is 0.209. The molecule has 0 amide bonds. The van der Waals surface area contributed by atoms with Gasteiger partial charge in [-0.15, -0.1) is 21.6 Å². The van der Waals surface area contributed by atoms with E-state index in [0.717, 1.165) is 11.3 Å². The molecule has 0 atom stereocenters. The molecular weight excluding hydrogens is 514 g/mol. The van der Waals surface area contributed by atoms with Crippen molar-refractivity contribution in [1.29, 1.82) is 10.5 Å². The minimum atomic E-state index is -0.0685. The van der Waals surface area contributed by atoms with Crippen LogP contribution in [0.15, 0.2) is 22.4 Å². The molecule has 0 bridgehead atoms. The third-order valence-electron chi connectivity index (χ3n) is 5.27. The van der Waals surface area contributed by atoms with Crippen molar-refractivity contribution in [2.45, 2.75) is 6.92 Å². The average molecular weight is 548 g/mol. The normalized spacial score (nSPS) is 10.9. The molecule has 0 spiro atoms. The number of hydrogen-bond donors (Lipinski definition) is 2. The zero-order valence-corrected chi connectivity index (χ0v) is 22.6. The van der Waals surface area contributed by atoms with Crippen LogP contribution in [0, 0.1) is 29.6 Å². The van der Waals surface area contributed by atoms with Crippen LogP contribution in [-0.4, -0.2) is 90.4 Å². The third-order valence-corrected chi connectivity index (χ3v) is 6.35. The summed E-state index contributed by atoms with van der Waals surface area (Å²) >= 11 is 1.10. The van der Waals surface area contributed by atoms with Gasteiger partial charge < -0.3 is 38.8 Å². The molecular formula is C25H33N5O7S. The summed E-state index contributed by atoms with van der Waals surface area (Å²) in [6.07, 6.45) is 0. The fraction of sp³-hybridized carbons (Fsp3) is 0.520. The van der Waals surface area contributed by atoms with Crippen LogP contribution >= 0.6 is 11.3 Å². The molecule has 13 heteroatoms. The van der Waals surface area contributed by atoms with Crippen LogP contribution in [0.3, 0.4) is 0 Å².